The molecule has 4 nitrogen and oxygen atoms in total. The molecule has 2 N–H and O–H groups in total. The van der Waals surface area contributed by atoms with Crippen LogP contribution in [0.5, 0.6) is 0 Å². The molecule has 1 aliphatic rings. The summed E-state index contributed by atoms with van der Waals surface area (Å²) < 4.78 is 36.8. The lowest BCUT2D eigenvalue weighted by Crippen LogP contribution is -2.51. The van der Waals surface area contributed by atoms with Crippen LogP contribution in [0.1, 0.15) is 46.0 Å². The van der Waals surface area contributed by atoms with Crippen molar-refractivity contribution in [1.29, 1.82) is 0 Å². The van der Waals surface area contributed by atoms with Crippen LogP contribution in [0.2, 0.25) is 0 Å². The number of aliphatic imine (C=N–C) groups is 1. The maximum atomic E-state index is 12.3. The van der Waals surface area contributed by atoms with E-state index in [0.29, 0.717) is 25.0 Å². The normalized spacial score (nSPS) is 26.4. The van der Waals surface area contributed by atoms with E-state index < -0.39 is 12.6 Å². The molecule has 0 amide bonds. The van der Waals surface area contributed by atoms with E-state index in [-0.39, 0.29) is 12.1 Å². The van der Waals surface area contributed by atoms with Crippen LogP contribution in [0.4, 0.5) is 13.2 Å². The van der Waals surface area contributed by atoms with E-state index in [4.69, 9.17) is 0 Å². The molecule has 0 aromatic carbocycles. The SMILES string of the molecule is CCNC(=NCC1(N(C)C)CCCC(C)C1)NCCC(F)(F)F. The topological polar surface area (TPSA) is 39.7 Å². The van der Waals surface area contributed by atoms with Crippen molar-refractivity contribution in [3.8, 4) is 0 Å². The minimum atomic E-state index is -4.14. The molecule has 0 heterocycles. The van der Waals surface area contributed by atoms with Gasteiger partial charge in [0.25, 0.3) is 0 Å². The average molecular weight is 336 g/mol. The summed E-state index contributed by atoms with van der Waals surface area (Å²) in [6.07, 6.45) is -0.432. The van der Waals surface area contributed by atoms with Crippen LogP contribution in [0.25, 0.3) is 0 Å². The summed E-state index contributed by atoms with van der Waals surface area (Å²) in [7, 11) is 4.13. The van der Waals surface area contributed by atoms with Crippen LogP contribution >= 0.6 is 0 Å². The molecule has 23 heavy (non-hydrogen) atoms. The second kappa shape index (κ2) is 8.76. The predicted octanol–water partition coefficient (Wildman–Crippen LogP) is 3.00. The Morgan fingerprint density at radius 2 is 2.00 bits per heavy atom. The number of halogens is 3. The molecule has 0 aromatic heterocycles. The van der Waals surface area contributed by atoms with Crippen molar-refractivity contribution in [2.75, 3.05) is 33.7 Å². The fourth-order valence-corrected chi connectivity index (χ4v) is 3.21. The minimum absolute atomic E-state index is 0.00401. The number of nitrogens with one attached hydrogen (secondary N) is 2. The van der Waals surface area contributed by atoms with Gasteiger partial charge in [-0.2, -0.15) is 13.2 Å². The van der Waals surface area contributed by atoms with Crippen molar-refractivity contribution in [2.45, 2.75) is 57.7 Å². The molecule has 1 fully saturated rings. The molecule has 2 atom stereocenters. The summed E-state index contributed by atoms with van der Waals surface area (Å²) in [4.78, 5) is 6.80. The Labute approximate surface area is 137 Å². The first-order valence-electron chi connectivity index (χ1n) is 8.45. The number of nitrogens with zero attached hydrogens (tertiary/aromatic N) is 2. The Morgan fingerprint density at radius 3 is 2.52 bits per heavy atom. The summed E-state index contributed by atoms with van der Waals surface area (Å²) in [5.74, 6) is 1.12. The third-order valence-electron chi connectivity index (χ3n) is 4.59. The van der Waals surface area contributed by atoms with E-state index in [1.165, 1.54) is 12.8 Å². The Bertz CT molecular complexity index is 382. The maximum absolute atomic E-state index is 12.3. The fraction of sp³-hybridized carbons (Fsp3) is 0.938. The zero-order valence-corrected chi connectivity index (χ0v) is 14.8. The lowest BCUT2D eigenvalue weighted by atomic mass is 9.75. The molecule has 136 valence electrons. The van der Waals surface area contributed by atoms with E-state index in [2.05, 4.69) is 41.5 Å². The number of hydrogen-bond donors (Lipinski definition) is 2. The van der Waals surface area contributed by atoms with Gasteiger partial charge < -0.3 is 15.5 Å². The molecule has 2 unspecified atom stereocenters. The molecule has 7 heteroatoms. The van der Waals surface area contributed by atoms with Gasteiger partial charge in [0, 0.05) is 18.6 Å². The first-order chi connectivity index (χ1) is 10.7. The summed E-state index contributed by atoms with van der Waals surface area (Å²) in [6.45, 7) is 5.24. The minimum Gasteiger partial charge on any atom is -0.357 e. The van der Waals surface area contributed by atoms with E-state index in [1.807, 2.05) is 6.92 Å². The summed E-state index contributed by atoms with van der Waals surface area (Å²) in [6, 6.07) is 0. The second-order valence-corrected chi connectivity index (χ2v) is 6.81. The monoisotopic (exact) mass is 336 g/mol. The fourth-order valence-electron chi connectivity index (χ4n) is 3.21. The predicted molar refractivity (Wildman–Crippen MR) is 88.7 cm³/mol. The zero-order valence-electron chi connectivity index (χ0n) is 14.8. The largest absolute Gasteiger partial charge is 0.390 e. The van der Waals surface area contributed by atoms with Crippen LogP contribution in [0, 0.1) is 5.92 Å². The van der Waals surface area contributed by atoms with E-state index >= 15 is 0 Å². The lowest BCUT2D eigenvalue weighted by Gasteiger charge is -2.44. The van der Waals surface area contributed by atoms with Gasteiger partial charge in [0.15, 0.2) is 5.96 Å². The van der Waals surface area contributed by atoms with Gasteiger partial charge in [-0.15, -0.1) is 0 Å². The van der Waals surface area contributed by atoms with Crippen molar-refractivity contribution in [2.24, 2.45) is 10.9 Å². The molecule has 0 aromatic rings. The lowest BCUT2D eigenvalue weighted by molar-refractivity contribution is -0.132. The van der Waals surface area contributed by atoms with Crippen molar-refractivity contribution >= 4 is 5.96 Å². The van der Waals surface area contributed by atoms with Crippen molar-refractivity contribution in [3.05, 3.63) is 0 Å². The van der Waals surface area contributed by atoms with Crippen LogP contribution < -0.4 is 10.6 Å². The number of alkyl halides is 3. The zero-order chi connectivity index (χ0) is 17.5. The summed E-state index contributed by atoms with van der Waals surface area (Å²) in [5.41, 5.74) is 0.00401. The summed E-state index contributed by atoms with van der Waals surface area (Å²) in [5, 5.41) is 5.81. The maximum Gasteiger partial charge on any atom is 0.390 e. The smallest absolute Gasteiger partial charge is 0.357 e. The molecule has 0 aliphatic heterocycles. The van der Waals surface area contributed by atoms with Gasteiger partial charge in [-0.05, 0) is 39.8 Å². The third kappa shape index (κ3) is 6.97. The van der Waals surface area contributed by atoms with E-state index in [0.717, 1.165) is 12.8 Å². The molecule has 1 rings (SSSR count). The third-order valence-corrected chi connectivity index (χ3v) is 4.59. The van der Waals surface area contributed by atoms with Crippen LogP contribution in [0.15, 0.2) is 4.99 Å². The first-order valence-corrected chi connectivity index (χ1v) is 8.45. The number of hydrogen-bond acceptors (Lipinski definition) is 2. The highest BCUT2D eigenvalue weighted by Gasteiger charge is 2.36. The highest BCUT2D eigenvalue weighted by atomic mass is 19.4. The second-order valence-electron chi connectivity index (χ2n) is 6.81. The molecular weight excluding hydrogens is 305 g/mol. The van der Waals surface area contributed by atoms with Crippen LogP contribution in [-0.2, 0) is 0 Å². The number of guanidine groups is 1. The molecule has 1 aliphatic carbocycles. The van der Waals surface area contributed by atoms with Gasteiger partial charge in [-0.1, -0.05) is 19.8 Å². The van der Waals surface area contributed by atoms with Gasteiger partial charge in [0.05, 0.1) is 13.0 Å². The highest BCUT2D eigenvalue weighted by Crippen LogP contribution is 2.35. The van der Waals surface area contributed by atoms with E-state index in [1.54, 1.807) is 0 Å². The molecule has 0 bridgehead atoms. The Kier molecular flexibility index (Phi) is 7.64. The molecule has 0 radical (unpaired) electrons. The van der Waals surface area contributed by atoms with Gasteiger partial charge in [0.1, 0.15) is 0 Å². The van der Waals surface area contributed by atoms with Gasteiger partial charge in [0.2, 0.25) is 0 Å². The van der Waals surface area contributed by atoms with E-state index in [9.17, 15) is 13.2 Å². The molecule has 1 saturated carbocycles. The van der Waals surface area contributed by atoms with Crippen LogP contribution in [-0.4, -0.2) is 56.3 Å². The molecule has 0 saturated heterocycles. The van der Waals surface area contributed by atoms with Crippen molar-refractivity contribution < 1.29 is 13.2 Å². The first kappa shape index (κ1) is 20.1. The molecular formula is C16H31F3N4. The van der Waals surface area contributed by atoms with Crippen molar-refractivity contribution in [1.82, 2.24) is 15.5 Å². The Balaban J connectivity index is 2.69. The highest BCUT2D eigenvalue weighted by molar-refractivity contribution is 5.79. The van der Waals surface area contributed by atoms with Crippen molar-refractivity contribution in [3.63, 3.8) is 0 Å². The number of likely N-dealkylation sites (N-methyl/N-ethyl adjacent to an activating group) is 1. The standard InChI is InChI=1S/C16H31F3N4/c1-5-20-14(21-10-9-16(17,18)19)22-12-15(23(3)4)8-6-7-13(2)11-15/h13H,5-12H2,1-4H3,(H2,20,21,22). The summed E-state index contributed by atoms with van der Waals surface area (Å²) >= 11 is 0. The Hall–Kier alpha value is -0.980. The van der Waals surface area contributed by atoms with Gasteiger partial charge >= 0.3 is 6.18 Å². The molecule has 0 spiro atoms. The number of rotatable bonds is 6. The van der Waals surface area contributed by atoms with Gasteiger partial charge in [-0.25, -0.2) is 0 Å². The Morgan fingerprint density at radius 1 is 1.30 bits per heavy atom. The quantitative estimate of drug-likeness (QED) is 0.579. The van der Waals surface area contributed by atoms with Gasteiger partial charge in [-0.3, -0.25) is 4.99 Å². The average Bonchev–Trinajstić information content (AvgIpc) is 2.43. The van der Waals surface area contributed by atoms with Crippen LogP contribution in [0.3, 0.4) is 0 Å².